The highest BCUT2D eigenvalue weighted by atomic mass is 16.5. The van der Waals surface area contributed by atoms with Gasteiger partial charge in [-0.3, -0.25) is 14.6 Å². The number of aryl methyl sites for hydroxylation is 1. The van der Waals surface area contributed by atoms with Crippen molar-refractivity contribution in [2.75, 3.05) is 26.8 Å². The molecule has 1 rings (SSSR count). The van der Waals surface area contributed by atoms with Crippen LogP contribution in [0.15, 0.2) is 24.4 Å². The van der Waals surface area contributed by atoms with Crippen molar-refractivity contribution in [1.82, 2.24) is 9.88 Å². The third-order valence-corrected chi connectivity index (χ3v) is 2.57. The lowest BCUT2D eigenvalue weighted by molar-refractivity contribution is -0.144. The lowest BCUT2D eigenvalue weighted by atomic mass is 10.2. The lowest BCUT2D eigenvalue weighted by Gasteiger charge is -2.20. The molecule has 1 heterocycles. The van der Waals surface area contributed by atoms with E-state index in [2.05, 4.69) is 4.98 Å². The third kappa shape index (κ3) is 5.96. The van der Waals surface area contributed by atoms with Gasteiger partial charge in [-0.05, 0) is 18.6 Å². The van der Waals surface area contributed by atoms with Gasteiger partial charge in [0.05, 0.1) is 6.61 Å². The summed E-state index contributed by atoms with van der Waals surface area (Å²) in [4.78, 5) is 28.0. The maximum absolute atomic E-state index is 11.9. The molecule has 0 aromatic carbocycles. The van der Waals surface area contributed by atoms with Gasteiger partial charge in [-0.25, -0.2) is 0 Å². The summed E-state index contributed by atoms with van der Waals surface area (Å²) in [7, 11) is 1.51. The number of rotatable bonds is 8. The molecule has 1 amide bonds. The number of methoxy groups -OCH3 is 1. The number of nitrogens with zero attached hydrogens (tertiary/aromatic N) is 2. The van der Waals surface area contributed by atoms with Crippen LogP contribution in [0, 0.1) is 0 Å². The molecule has 1 N–H and O–H groups in total. The van der Waals surface area contributed by atoms with E-state index in [9.17, 15) is 9.59 Å². The summed E-state index contributed by atoms with van der Waals surface area (Å²) in [6, 6.07) is 5.50. The summed E-state index contributed by atoms with van der Waals surface area (Å²) < 4.78 is 4.87. The second kappa shape index (κ2) is 8.20. The standard InChI is InChI=1S/C13H18N2O4/c1-19-9-8-15(10-13(17)18)12(16)6-5-11-4-2-3-7-14-11/h2-4,7H,5-6,8-10H2,1H3,(H,17,18). The van der Waals surface area contributed by atoms with Gasteiger partial charge < -0.3 is 14.7 Å². The van der Waals surface area contributed by atoms with Crippen LogP contribution < -0.4 is 0 Å². The maximum Gasteiger partial charge on any atom is 0.323 e. The third-order valence-electron chi connectivity index (χ3n) is 2.57. The first-order chi connectivity index (χ1) is 9.13. The Bertz CT molecular complexity index is 408. The number of pyridine rings is 1. The number of hydrogen-bond acceptors (Lipinski definition) is 4. The van der Waals surface area contributed by atoms with Gasteiger partial charge >= 0.3 is 5.97 Å². The van der Waals surface area contributed by atoms with Gasteiger partial charge in [0.1, 0.15) is 6.54 Å². The Morgan fingerprint density at radius 2 is 2.21 bits per heavy atom. The van der Waals surface area contributed by atoms with E-state index in [-0.39, 0.29) is 25.4 Å². The number of carbonyl (C=O) groups excluding carboxylic acids is 1. The number of aromatic nitrogens is 1. The molecule has 0 fully saturated rings. The van der Waals surface area contributed by atoms with Crippen molar-refractivity contribution in [2.24, 2.45) is 0 Å². The van der Waals surface area contributed by atoms with Crippen molar-refractivity contribution < 1.29 is 19.4 Å². The van der Waals surface area contributed by atoms with Crippen LogP contribution in [-0.2, 0) is 20.7 Å². The van der Waals surface area contributed by atoms with Crippen molar-refractivity contribution in [3.63, 3.8) is 0 Å². The van der Waals surface area contributed by atoms with Crippen molar-refractivity contribution in [2.45, 2.75) is 12.8 Å². The van der Waals surface area contributed by atoms with Crippen LogP contribution in [0.1, 0.15) is 12.1 Å². The molecule has 6 heteroatoms. The first kappa shape index (κ1) is 15.1. The molecule has 0 aliphatic rings. The van der Waals surface area contributed by atoms with E-state index in [1.807, 2.05) is 12.1 Å². The SMILES string of the molecule is COCCN(CC(=O)O)C(=O)CCc1ccccn1. The highest BCUT2D eigenvalue weighted by Gasteiger charge is 2.16. The van der Waals surface area contributed by atoms with Gasteiger partial charge in [-0.1, -0.05) is 6.07 Å². The van der Waals surface area contributed by atoms with Gasteiger partial charge in [0.2, 0.25) is 5.91 Å². The molecule has 0 bridgehead atoms. The van der Waals surface area contributed by atoms with Crippen LogP contribution in [0.25, 0.3) is 0 Å². The minimum Gasteiger partial charge on any atom is -0.480 e. The van der Waals surface area contributed by atoms with Crippen molar-refractivity contribution in [3.8, 4) is 0 Å². The fraction of sp³-hybridized carbons (Fsp3) is 0.462. The second-order valence-corrected chi connectivity index (χ2v) is 4.02. The molecule has 0 atom stereocenters. The summed E-state index contributed by atoms with van der Waals surface area (Å²) in [6.07, 6.45) is 2.41. The van der Waals surface area contributed by atoms with Gasteiger partial charge in [0.25, 0.3) is 0 Å². The van der Waals surface area contributed by atoms with E-state index in [0.29, 0.717) is 13.0 Å². The summed E-state index contributed by atoms with van der Waals surface area (Å²) >= 11 is 0. The Balaban J connectivity index is 2.48. The van der Waals surface area contributed by atoms with Gasteiger partial charge in [0, 0.05) is 32.0 Å². The predicted molar refractivity (Wildman–Crippen MR) is 68.6 cm³/mol. The molecule has 0 saturated carbocycles. The maximum atomic E-state index is 11.9. The molecule has 1 aromatic heterocycles. The number of aliphatic carboxylic acids is 1. The number of ether oxygens (including phenoxy) is 1. The van der Waals surface area contributed by atoms with Gasteiger partial charge in [-0.15, -0.1) is 0 Å². The number of hydrogen-bond donors (Lipinski definition) is 1. The lowest BCUT2D eigenvalue weighted by Crippen LogP contribution is -2.38. The van der Waals surface area contributed by atoms with Crippen molar-refractivity contribution in [1.29, 1.82) is 0 Å². The summed E-state index contributed by atoms with van der Waals surface area (Å²) in [5.41, 5.74) is 0.817. The average molecular weight is 266 g/mol. The van der Waals surface area contributed by atoms with E-state index in [1.54, 1.807) is 12.3 Å². The summed E-state index contributed by atoms with van der Waals surface area (Å²) in [5, 5.41) is 8.77. The monoisotopic (exact) mass is 266 g/mol. The number of carboxylic acid groups (broad SMARTS) is 1. The van der Waals surface area contributed by atoms with E-state index in [0.717, 1.165) is 5.69 Å². The number of carbonyl (C=O) groups is 2. The zero-order valence-corrected chi connectivity index (χ0v) is 10.9. The Kier molecular flexibility index (Phi) is 6.52. The Labute approximate surface area is 112 Å². The topological polar surface area (TPSA) is 79.7 Å². The van der Waals surface area contributed by atoms with Crippen LogP contribution >= 0.6 is 0 Å². The Morgan fingerprint density at radius 1 is 1.42 bits per heavy atom. The largest absolute Gasteiger partial charge is 0.480 e. The molecule has 1 aromatic rings. The first-order valence-corrected chi connectivity index (χ1v) is 6.02. The van der Waals surface area contributed by atoms with E-state index in [1.165, 1.54) is 12.0 Å². The molecule has 0 saturated heterocycles. The minimum absolute atomic E-state index is 0.204. The highest BCUT2D eigenvalue weighted by molar-refractivity contribution is 5.81. The summed E-state index contributed by atoms with van der Waals surface area (Å²) in [6.45, 7) is 0.302. The molecule has 0 aliphatic heterocycles. The fourth-order valence-electron chi connectivity index (χ4n) is 1.60. The van der Waals surface area contributed by atoms with Crippen LogP contribution in [-0.4, -0.2) is 53.7 Å². The molecule has 0 spiro atoms. The second-order valence-electron chi connectivity index (χ2n) is 4.02. The first-order valence-electron chi connectivity index (χ1n) is 6.02. The van der Waals surface area contributed by atoms with Crippen LogP contribution in [0.4, 0.5) is 0 Å². The molecular weight excluding hydrogens is 248 g/mol. The van der Waals surface area contributed by atoms with E-state index >= 15 is 0 Å². The normalized spacial score (nSPS) is 10.2. The van der Waals surface area contributed by atoms with Gasteiger partial charge in [0.15, 0.2) is 0 Å². The van der Waals surface area contributed by atoms with Gasteiger partial charge in [-0.2, -0.15) is 0 Å². The van der Waals surface area contributed by atoms with Crippen LogP contribution in [0.3, 0.4) is 0 Å². The minimum atomic E-state index is -1.03. The smallest absolute Gasteiger partial charge is 0.323 e. The highest BCUT2D eigenvalue weighted by Crippen LogP contribution is 2.02. The fourth-order valence-corrected chi connectivity index (χ4v) is 1.60. The molecule has 0 radical (unpaired) electrons. The van der Waals surface area contributed by atoms with Crippen molar-refractivity contribution >= 4 is 11.9 Å². The molecular formula is C13H18N2O4. The predicted octanol–water partition coefficient (Wildman–Crippen LogP) is 0.574. The van der Waals surface area contributed by atoms with E-state index in [4.69, 9.17) is 9.84 Å². The zero-order chi connectivity index (χ0) is 14.1. The van der Waals surface area contributed by atoms with Crippen LogP contribution in [0.5, 0.6) is 0 Å². The molecule has 6 nitrogen and oxygen atoms in total. The Morgan fingerprint density at radius 3 is 2.79 bits per heavy atom. The zero-order valence-electron chi connectivity index (χ0n) is 10.9. The Hall–Kier alpha value is -1.95. The van der Waals surface area contributed by atoms with Crippen molar-refractivity contribution in [3.05, 3.63) is 30.1 Å². The quantitative estimate of drug-likeness (QED) is 0.744. The summed E-state index contributed by atoms with van der Waals surface area (Å²) in [5.74, 6) is -1.23. The average Bonchev–Trinajstić information content (AvgIpc) is 2.41. The van der Waals surface area contributed by atoms with E-state index < -0.39 is 5.97 Å². The molecule has 19 heavy (non-hydrogen) atoms. The molecule has 104 valence electrons. The number of amides is 1. The van der Waals surface area contributed by atoms with Crippen LogP contribution in [0.2, 0.25) is 0 Å². The molecule has 0 unspecified atom stereocenters. The molecule has 0 aliphatic carbocycles. The number of carboxylic acids is 1.